The van der Waals surface area contributed by atoms with Crippen LogP contribution < -0.4 is 5.32 Å². The average molecular weight is 382 g/mol. The largest absolute Gasteiger partial charge is 0.449 e. The fourth-order valence-corrected chi connectivity index (χ4v) is 3.46. The van der Waals surface area contributed by atoms with E-state index in [0.717, 1.165) is 24.8 Å². The molecule has 0 bridgehead atoms. The number of ether oxygens (including phenoxy) is 1. The highest BCUT2D eigenvalue weighted by atomic mass is 16.6. The summed E-state index contributed by atoms with van der Waals surface area (Å²) in [7, 11) is 0. The number of carbonyl (C=O) groups excluding carboxylic acids is 2. The zero-order valence-corrected chi connectivity index (χ0v) is 15.8. The molecule has 3 rings (SSSR count). The summed E-state index contributed by atoms with van der Waals surface area (Å²) in [6, 6.07) is 11.9. The minimum Gasteiger partial charge on any atom is -0.449 e. The van der Waals surface area contributed by atoms with Gasteiger partial charge in [0.15, 0.2) is 6.10 Å². The number of aryl methyl sites for hydroxylation is 2. The van der Waals surface area contributed by atoms with Crippen molar-refractivity contribution in [2.75, 3.05) is 0 Å². The lowest BCUT2D eigenvalue weighted by atomic mass is 9.87. The Morgan fingerprint density at radius 3 is 2.71 bits per heavy atom. The molecule has 0 heterocycles. The molecule has 0 saturated carbocycles. The fourth-order valence-electron chi connectivity index (χ4n) is 3.46. The minimum absolute atomic E-state index is 0.0710. The van der Waals surface area contributed by atoms with Gasteiger partial charge in [-0.1, -0.05) is 24.3 Å². The molecule has 0 aromatic heterocycles. The molecular formula is C21H22N2O5. The van der Waals surface area contributed by atoms with E-state index in [1.54, 1.807) is 6.92 Å². The van der Waals surface area contributed by atoms with Crippen LogP contribution in [0.5, 0.6) is 0 Å². The second-order valence-corrected chi connectivity index (χ2v) is 6.96. The molecule has 1 aliphatic rings. The second-order valence-electron chi connectivity index (χ2n) is 6.96. The van der Waals surface area contributed by atoms with Gasteiger partial charge in [0.25, 0.3) is 11.6 Å². The van der Waals surface area contributed by atoms with E-state index < -0.39 is 17.0 Å². The Bertz CT molecular complexity index is 925. The summed E-state index contributed by atoms with van der Waals surface area (Å²) in [5.41, 5.74) is 2.79. The standard InChI is InChI=1S/C21H22N2O5/c1-13-12-16(10-11-19(13)23(26)27)21(25)28-14(2)20(24)22-18-9-5-7-15-6-3-4-8-17(15)18/h3-4,6,8,10-12,14,18H,5,7,9H2,1-2H3,(H,22,24)/t14-,18+/m1/s1. The SMILES string of the molecule is Cc1cc(C(=O)O[C@H](C)C(=O)N[C@H]2CCCc3ccccc32)ccc1[N+](=O)[O-]. The molecule has 146 valence electrons. The molecule has 2 atom stereocenters. The molecule has 2 aromatic rings. The maximum atomic E-state index is 12.5. The lowest BCUT2D eigenvalue weighted by molar-refractivity contribution is -0.385. The minimum atomic E-state index is -0.975. The molecule has 1 amide bonds. The van der Waals surface area contributed by atoms with Gasteiger partial charge in [-0.05, 0) is 56.4 Å². The number of hydrogen-bond acceptors (Lipinski definition) is 5. The van der Waals surface area contributed by atoms with E-state index in [1.807, 2.05) is 18.2 Å². The van der Waals surface area contributed by atoms with Crippen molar-refractivity contribution in [1.82, 2.24) is 5.32 Å². The fraction of sp³-hybridized carbons (Fsp3) is 0.333. The molecule has 0 fully saturated rings. The van der Waals surface area contributed by atoms with Gasteiger partial charge in [0.1, 0.15) is 0 Å². The first-order valence-corrected chi connectivity index (χ1v) is 9.21. The number of benzene rings is 2. The van der Waals surface area contributed by atoms with Crippen LogP contribution in [0.3, 0.4) is 0 Å². The molecule has 0 unspecified atom stereocenters. The molecule has 0 radical (unpaired) electrons. The highest BCUT2D eigenvalue weighted by Crippen LogP contribution is 2.29. The Kier molecular flexibility index (Phi) is 5.73. The number of hydrogen-bond donors (Lipinski definition) is 1. The molecule has 1 N–H and O–H groups in total. The lowest BCUT2D eigenvalue weighted by Gasteiger charge is -2.27. The summed E-state index contributed by atoms with van der Waals surface area (Å²) >= 11 is 0. The van der Waals surface area contributed by atoms with Crippen molar-refractivity contribution >= 4 is 17.6 Å². The quantitative estimate of drug-likeness (QED) is 0.484. The molecule has 0 spiro atoms. The number of esters is 1. The van der Waals surface area contributed by atoms with Gasteiger partial charge in [-0.25, -0.2) is 4.79 Å². The Labute approximate surface area is 162 Å². The van der Waals surface area contributed by atoms with Crippen molar-refractivity contribution < 1.29 is 19.2 Å². The van der Waals surface area contributed by atoms with E-state index in [0.29, 0.717) is 5.56 Å². The van der Waals surface area contributed by atoms with Crippen LogP contribution in [0, 0.1) is 17.0 Å². The number of rotatable bonds is 5. The van der Waals surface area contributed by atoms with E-state index in [9.17, 15) is 19.7 Å². The molecule has 7 heteroatoms. The number of fused-ring (bicyclic) bond motifs is 1. The topological polar surface area (TPSA) is 98.5 Å². The van der Waals surface area contributed by atoms with Crippen molar-refractivity contribution in [2.45, 2.75) is 45.3 Å². The Morgan fingerprint density at radius 1 is 1.25 bits per heavy atom. The van der Waals surface area contributed by atoms with Crippen molar-refractivity contribution in [3.63, 3.8) is 0 Å². The van der Waals surface area contributed by atoms with Gasteiger partial charge in [-0.2, -0.15) is 0 Å². The number of amides is 1. The van der Waals surface area contributed by atoms with Crippen LogP contribution in [0.4, 0.5) is 5.69 Å². The Hall–Kier alpha value is -3.22. The van der Waals surface area contributed by atoms with Crippen molar-refractivity contribution in [2.24, 2.45) is 0 Å². The van der Waals surface area contributed by atoms with Gasteiger partial charge in [-0.15, -0.1) is 0 Å². The van der Waals surface area contributed by atoms with Gasteiger partial charge in [0.05, 0.1) is 16.5 Å². The second kappa shape index (κ2) is 8.21. The maximum Gasteiger partial charge on any atom is 0.338 e. The first-order valence-electron chi connectivity index (χ1n) is 9.21. The van der Waals surface area contributed by atoms with Crippen molar-refractivity contribution in [3.8, 4) is 0 Å². The maximum absolute atomic E-state index is 12.5. The third kappa shape index (κ3) is 4.19. The zero-order valence-electron chi connectivity index (χ0n) is 15.8. The van der Waals surface area contributed by atoms with E-state index >= 15 is 0 Å². The van der Waals surface area contributed by atoms with Crippen LogP contribution in [0.15, 0.2) is 42.5 Å². The van der Waals surface area contributed by atoms with E-state index in [-0.39, 0.29) is 23.2 Å². The molecule has 7 nitrogen and oxygen atoms in total. The van der Waals surface area contributed by atoms with Gasteiger partial charge < -0.3 is 10.1 Å². The van der Waals surface area contributed by atoms with E-state index in [1.165, 1.54) is 30.7 Å². The van der Waals surface area contributed by atoms with Crippen LogP contribution in [0.1, 0.15) is 52.9 Å². The Balaban J connectivity index is 1.64. The van der Waals surface area contributed by atoms with E-state index in [2.05, 4.69) is 11.4 Å². The van der Waals surface area contributed by atoms with Crippen LogP contribution in [0.2, 0.25) is 0 Å². The van der Waals surface area contributed by atoms with Crippen LogP contribution in [-0.4, -0.2) is 22.9 Å². The molecule has 28 heavy (non-hydrogen) atoms. The summed E-state index contributed by atoms with van der Waals surface area (Å²) in [4.78, 5) is 35.2. The normalized spacial score (nSPS) is 16.6. The van der Waals surface area contributed by atoms with Gasteiger partial charge in [-0.3, -0.25) is 14.9 Å². The van der Waals surface area contributed by atoms with Gasteiger partial charge >= 0.3 is 5.97 Å². The summed E-state index contributed by atoms with van der Waals surface area (Å²) in [6.07, 6.45) is 1.84. The van der Waals surface area contributed by atoms with Crippen molar-refractivity contribution in [1.29, 1.82) is 0 Å². The Morgan fingerprint density at radius 2 is 2.00 bits per heavy atom. The first-order chi connectivity index (χ1) is 13.4. The third-order valence-corrected chi connectivity index (χ3v) is 4.97. The highest BCUT2D eigenvalue weighted by Gasteiger charge is 2.26. The number of nitro groups is 1. The smallest absolute Gasteiger partial charge is 0.338 e. The zero-order chi connectivity index (χ0) is 20.3. The number of nitro benzene ring substituents is 1. The number of nitrogens with zero attached hydrogens (tertiary/aromatic N) is 1. The van der Waals surface area contributed by atoms with Crippen molar-refractivity contribution in [3.05, 3.63) is 74.8 Å². The van der Waals surface area contributed by atoms with Gasteiger partial charge in [0.2, 0.25) is 0 Å². The molecule has 0 saturated heterocycles. The van der Waals surface area contributed by atoms with Crippen LogP contribution in [-0.2, 0) is 16.0 Å². The summed E-state index contributed by atoms with van der Waals surface area (Å²) < 4.78 is 5.26. The average Bonchev–Trinajstić information content (AvgIpc) is 2.67. The first kappa shape index (κ1) is 19.5. The van der Waals surface area contributed by atoms with Crippen LogP contribution in [0.25, 0.3) is 0 Å². The predicted molar refractivity (Wildman–Crippen MR) is 103 cm³/mol. The molecule has 0 aliphatic heterocycles. The molecular weight excluding hydrogens is 360 g/mol. The lowest BCUT2D eigenvalue weighted by Crippen LogP contribution is -2.39. The summed E-state index contributed by atoms with van der Waals surface area (Å²) in [5.74, 6) is -1.06. The van der Waals surface area contributed by atoms with Crippen LogP contribution >= 0.6 is 0 Å². The number of nitrogens with one attached hydrogen (secondary N) is 1. The third-order valence-electron chi connectivity index (χ3n) is 4.97. The molecule has 1 aliphatic carbocycles. The molecule has 2 aromatic carbocycles. The summed E-state index contributed by atoms with van der Waals surface area (Å²) in [5, 5.41) is 13.8. The summed E-state index contributed by atoms with van der Waals surface area (Å²) in [6.45, 7) is 3.06. The monoisotopic (exact) mass is 382 g/mol. The number of carbonyl (C=O) groups is 2. The predicted octanol–water partition coefficient (Wildman–Crippen LogP) is 3.64. The highest BCUT2D eigenvalue weighted by molar-refractivity contribution is 5.92. The van der Waals surface area contributed by atoms with E-state index in [4.69, 9.17) is 4.74 Å². The van der Waals surface area contributed by atoms with Gasteiger partial charge in [0, 0.05) is 11.6 Å².